The van der Waals surface area contributed by atoms with Gasteiger partial charge in [-0.3, -0.25) is 10.1 Å². The van der Waals surface area contributed by atoms with Crippen molar-refractivity contribution in [2.24, 2.45) is 0 Å². The lowest BCUT2D eigenvalue weighted by molar-refractivity contribution is -0.385. The van der Waals surface area contributed by atoms with Gasteiger partial charge in [0.2, 0.25) is 5.75 Å². The molecule has 5 nitrogen and oxygen atoms in total. The van der Waals surface area contributed by atoms with Crippen LogP contribution in [0.1, 0.15) is 5.56 Å². The van der Waals surface area contributed by atoms with Crippen LogP contribution in [0.2, 0.25) is 5.02 Å². The zero-order chi connectivity index (χ0) is 15.6. The van der Waals surface area contributed by atoms with Crippen LogP contribution in [-0.4, -0.2) is 10.0 Å². The van der Waals surface area contributed by atoms with E-state index in [1.807, 2.05) is 0 Å². The first-order valence-corrected chi connectivity index (χ1v) is 6.00. The van der Waals surface area contributed by atoms with Crippen LogP contribution in [-0.2, 0) is 6.61 Å². The maximum atomic E-state index is 13.7. The van der Waals surface area contributed by atoms with E-state index in [1.54, 1.807) is 0 Å². The van der Waals surface area contributed by atoms with Gasteiger partial charge < -0.3 is 9.84 Å². The van der Waals surface area contributed by atoms with Gasteiger partial charge in [-0.15, -0.1) is 0 Å². The Morgan fingerprint density at radius 2 is 1.86 bits per heavy atom. The fraction of sp³-hybridized carbons (Fsp3) is 0.0769. The Hall–Kier alpha value is -2.25. The van der Waals surface area contributed by atoms with Crippen LogP contribution in [0.15, 0.2) is 30.3 Å². The molecule has 0 amide bonds. The van der Waals surface area contributed by atoms with Crippen molar-refractivity contribution in [3.63, 3.8) is 0 Å². The normalized spacial score (nSPS) is 10.5. The average Bonchev–Trinajstić information content (AvgIpc) is 2.42. The molecule has 21 heavy (non-hydrogen) atoms. The topological polar surface area (TPSA) is 72.6 Å². The van der Waals surface area contributed by atoms with Gasteiger partial charge in [0.1, 0.15) is 0 Å². The first kappa shape index (κ1) is 15.1. The Morgan fingerprint density at radius 3 is 2.38 bits per heavy atom. The summed E-state index contributed by atoms with van der Waals surface area (Å²) in [4.78, 5) is 10.1. The van der Waals surface area contributed by atoms with Gasteiger partial charge >= 0.3 is 5.69 Å². The highest BCUT2D eigenvalue weighted by Gasteiger charge is 2.20. The number of nitro benzene ring substituents is 1. The summed E-state index contributed by atoms with van der Waals surface area (Å²) in [5.74, 6) is -3.37. The molecule has 0 aliphatic heterocycles. The molecule has 0 fully saturated rings. The first-order valence-electron chi connectivity index (χ1n) is 5.63. The van der Waals surface area contributed by atoms with Crippen LogP contribution in [0.5, 0.6) is 11.5 Å². The van der Waals surface area contributed by atoms with Gasteiger partial charge in [-0.2, -0.15) is 0 Å². The molecule has 8 heteroatoms. The quantitative estimate of drug-likeness (QED) is 0.688. The van der Waals surface area contributed by atoms with Gasteiger partial charge in [0.15, 0.2) is 17.4 Å². The summed E-state index contributed by atoms with van der Waals surface area (Å²) < 4.78 is 32.4. The molecule has 0 saturated carbocycles. The highest BCUT2D eigenvalue weighted by molar-refractivity contribution is 6.30. The second kappa shape index (κ2) is 6.02. The van der Waals surface area contributed by atoms with Crippen molar-refractivity contribution in [3.8, 4) is 11.5 Å². The van der Waals surface area contributed by atoms with Gasteiger partial charge in [-0.1, -0.05) is 11.6 Å². The lowest BCUT2D eigenvalue weighted by atomic mass is 10.2. The fourth-order valence-electron chi connectivity index (χ4n) is 1.63. The van der Waals surface area contributed by atoms with Crippen LogP contribution in [0.25, 0.3) is 0 Å². The molecule has 2 rings (SSSR count). The molecule has 0 saturated heterocycles. The summed E-state index contributed by atoms with van der Waals surface area (Å²) in [7, 11) is 0. The number of aliphatic hydroxyl groups is 1. The van der Waals surface area contributed by atoms with E-state index < -0.39 is 34.6 Å². The van der Waals surface area contributed by atoms with Crippen molar-refractivity contribution in [2.75, 3.05) is 0 Å². The number of nitro groups is 1. The fourth-order valence-corrected chi connectivity index (χ4v) is 1.79. The number of hydrogen-bond acceptors (Lipinski definition) is 4. The smallest absolute Gasteiger partial charge is 0.311 e. The minimum atomic E-state index is -1.09. The number of hydrogen-bond donors (Lipinski definition) is 1. The van der Waals surface area contributed by atoms with Crippen molar-refractivity contribution < 1.29 is 23.5 Å². The largest absolute Gasteiger partial charge is 0.444 e. The molecular formula is C13H8ClF2NO4. The first-order chi connectivity index (χ1) is 9.92. The Bertz CT molecular complexity index is 686. The molecule has 0 atom stereocenters. The van der Waals surface area contributed by atoms with Crippen molar-refractivity contribution in [1.82, 2.24) is 0 Å². The molecule has 1 N–H and O–H groups in total. The Labute approximate surface area is 122 Å². The number of nitrogens with zero attached hydrogens (tertiary/aromatic N) is 1. The summed E-state index contributed by atoms with van der Waals surface area (Å²) in [6.07, 6.45) is 0. The molecule has 2 aromatic rings. The predicted octanol–water partition coefficient (Wildman–Crippen LogP) is 3.81. The summed E-state index contributed by atoms with van der Waals surface area (Å²) in [6.45, 7) is -0.550. The van der Waals surface area contributed by atoms with E-state index in [4.69, 9.17) is 21.4 Å². The van der Waals surface area contributed by atoms with Crippen LogP contribution in [0.3, 0.4) is 0 Å². The van der Waals surface area contributed by atoms with Gasteiger partial charge in [-0.25, -0.2) is 8.78 Å². The highest BCUT2D eigenvalue weighted by Crippen LogP contribution is 2.36. The summed E-state index contributed by atoms with van der Waals surface area (Å²) >= 11 is 5.69. The number of aliphatic hydroxyl groups excluding tert-OH is 1. The monoisotopic (exact) mass is 315 g/mol. The maximum absolute atomic E-state index is 13.7. The third-order valence-electron chi connectivity index (χ3n) is 2.57. The Kier molecular flexibility index (Phi) is 4.35. The van der Waals surface area contributed by atoms with Crippen molar-refractivity contribution in [2.45, 2.75) is 6.61 Å². The standard InChI is InChI=1S/C13H8ClF2NO4/c14-8-1-2-11(17(19)20)12(5-8)21-13-9(15)3-7(6-18)4-10(13)16/h1-5,18H,6H2. The molecule has 0 spiro atoms. The van der Waals surface area contributed by atoms with E-state index in [9.17, 15) is 18.9 Å². The number of rotatable bonds is 4. The van der Waals surface area contributed by atoms with Gasteiger partial charge in [-0.05, 0) is 23.8 Å². The minimum absolute atomic E-state index is 0.0120. The lowest BCUT2D eigenvalue weighted by Crippen LogP contribution is -1.98. The molecule has 0 radical (unpaired) electrons. The zero-order valence-corrected chi connectivity index (χ0v) is 11.1. The summed E-state index contributed by atoms with van der Waals surface area (Å²) in [5, 5.41) is 19.8. The van der Waals surface area contributed by atoms with Gasteiger partial charge in [0, 0.05) is 17.2 Å². The molecule has 0 heterocycles. The Morgan fingerprint density at radius 1 is 1.24 bits per heavy atom. The number of halogens is 3. The third kappa shape index (κ3) is 3.26. The van der Waals surface area contributed by atoms with Crippen LogP contribution in [0.4, 0.5) is 14.5 Å². The number of ether oxygens (including phenoxy) is 1. The van der Waals surface area contributed by atoms with Gasteiger partial charge in [0.25, 0.3) is 0 Å². The minimum Gasteiger partial charge on any atom is -0.444 e. The van der Waals surface area contributed by atoms with Crippen molar-refractivity contribution in [3.05, 3.63) is 62.7 Å². The molecule has 0 aromatic heterocycles. The van der Waals surface area contributed by atoms with E-state index in [0.29, 0.717) is 0 Å². The van der Waals surface area contributed by atoms with E-state index in [-0.39, 0.29) is 16.3 Å². The molecule has 2 aromatic carbocycles. The van der Waals surface area contributed by atoms with Crippen LogP contribution in [0, 0.1) is 21.7 Å². The highest BCUT2D eigenvalue weighted by atomic mass is 35.5. The third-order valence-corrected chi connectivity index (χ3v) is 2.81. The summed E-state index contributed by atoms with van der Waals surface area (Å²) in [5.41, 5.74) is -0.470. The molecule has 110 valence electrons. The zero-order valence-electron chi connectivity index (χ0n) is 10.3. The Balaban J connectivity index is 2.48. The second-order valence-electron chi connectivity index (χ2n) is 4.02. The van der Waals surface area contributed by atoms with Crippen molar-refractivity contribution >= 4 is 17.3 Å². The van der Waals surface area contributed by atoms with E-state index in [0.717, 1.165) is 24.3 Å². The average molecular weight is 316 g/mol. The number of benzene rings is 2. The second-order valence-corrected chi connectivity index (χ2v) is 4.45. The lowest BCUT2D eigenvalue weighted by Gasteiger charge is -2.09. The van der Waals surface area contributed by atoms with E-state index >= 15 is 0 Å². The summed E-state index contributed by atoms with van der Waals surface area (Å²) in [6, 6.07) is 5.14. The molecule has 0 aliphatic carbocycles. The predicted molar refractivity (Wildman–Crippen MR) is 70.5 cm³/mol. The van der Waals surface area contributed by atoms with E-state index in [2.05, 4.69) is 0 Å². The van der Waals surface area contributed by atoms with Gasteiger partial charge in [0.05, 0.1) is 11.5 Å². The SMILES string of the molecule is O=[N+]([O-])c1ccc(Cl)cc1Oc1c(F)cc(CO)cc1F. The van der Waals surface area contributed by atoms with E-state index in [1.165, 1.54) is 6.07 Å². The molecular weight excluding hydrogens is 308 g/mol. The molecule has 0 bridgehead atoms. The van der Waals surface area contributed by atoms with Crippen molar-refractivity contribution in [1.29, 1.82) is 0 Å². The molecule has 0 aliphatic rings. The molecule has 0 unspecified atom stereocenters. The maximum Gasteiger partial charge on any atom is 0.311 e. The van der Waals surface area contributed by atoms with Crippen LogP contribution < -0.4 is 4.74 Å². The van der Waals surface area contributed by atoms with Crippen LogP contribution >= 0.6 is 11.6 Å².